The third kappa shape index (κ3) is 10.9. The lowest BCUT2D eigenvalue weighted by molar-refractivity contribution is -0.390. The minimum Gasteiger partial charge on any atom is -0.444 e. The van der Waals surface area contributed by atoms with E-state index in [-0.39, 0.29) is 68.2 Å². The van der Waals surface area contributed by atoms with Crippen LogP contribution in [-0.4, -0.2) is 115 Å². The number of hydrogen-bond donors (Lipinski definition) is 2. The zero-order valence-corrected chi connectivity index (χ0v) is 41.8. The summed E-state index contributed by atoms with van der Waals surface area (Å²) in [6.45, 7) is 12.6. The van der Waals surface area contributed by atoms with E-state index in [9.17, 15) is 38.1 Å². The molecule has 0 radical (unpaired) electrons. The van der Waals surface area contributed by atoms with Crippen LogP contribution in [0.5, 0.6) is 0 Å². The van der Waals surface area contributed by atoms with E-state index < -0.39 is 50.8 Å². The highest BCUT2D eigenvalue weighted by Crippen LogP contribution is 2.41. The lowest BCUT2D eigenvalue weighted by Gasteiger charge is -2.33. The van der Waals surface area contributed by atoms with Gasteiger partial charge in [-0.15, -0.1) is 4.63 Å². The Morgan fingerprint density at radius 2 is 1.21 bits per heavy atom. The molecule has 6 atom stereocenters. The Morgan fingerprint density at radius 3 is 1.66 bits per heavy atom. The van der Waals surface area contributed by atoms with Gasteiger partial charge in [-0.05, 0) is 168 Å². The van der Waals surface area contributed by atoms with Crippen molar-refractivity contribution in [2.45, 2.75) is 103 Å². The normalized spacial score (nSPS) is 21.1. The van der Waals surface area contributed by atoms with Crippen LogP contribution >= 0.6 is 31.9 Å². The monoisotopic (exact) mass is 1120 g/mol. The molecule has 4 fully saturated rings. The Bertz CT molecular complexity index is 3080. The van der Waals surface area contributed by atoms with Crippen molar-refractivity contribution in [2.24, 2.45) is 17.6 Å². The van der Waals surface area contributed by atoms with E-state index in [0.717, 1.165) is 41.0 Å². The second-order valence-electron chi connectivity index (χ2n) is 19.0. The summed E-state index contributed by atoms with van der Waals surface area (Å²) in [4.78, 5) is 62.1. The van der Waals surface area contributed by atoms with Gasteiger partial charge in [0.05, 0.1) is 20.3 Å². The van der Waals surface area contributed by atoms with Crippen molar-refractivity contribution in [1.29, 1.82) is 0 Å². The first-order valence-electron chi connectivity index (χ1n) is 21.9. The summed E-state index contributed by atoms with van der Waals surface area (Å²) in [6.07, 6.45) is 3.05. The molecule has 0 spiro atoms. The molecule has 10 rings (SSSR count). The molecule has 2 saturated carbocycles. The number of benzene rings is 2. The van der Waals surface area contributed by atoms with Gasteiger partial charge in [-0.25, -0.2) is 41.7 Å². The fourth-order valence-corrected chi connectivity index (χ4v) is 9.50. The molecule has 4 aromatic heterocycles. The van der Waals surface area contributed by atoms with E-state index in [2.05, 4.69) is 77.3 Å². The van der Waals surface area contributed by atoms with Crippen LogP contribution in [0.15, 0.2) is 73.2 Å². The molecule has 4 bridgehead atoms. The number of nitrogens with one attached hydrogen (secondary N) is 1. The van der Waals surface area contributed by atoms with Gasteiger partial charge in [0.2, 0.25) is 17.5 Å². The van der Waals surface area contributed by atoms with Crippen molar-refractivity contribution in [1.82, 2.24) is 49.9 Å². The number of hydrogen-bond acceptors (Lipinski definition) is 20. The number of fused-ring (bicyclic) bond motifs is 4. The Labute approximate surface area is 416 Å². The topological polar surface area (TPSA) is 314 Å². The van der Waals surface area contributed by atoms with Crippen LogP contribution in [0.2, 0.25) is 0 Å². The maximum atomic E-state index is 13.7. The van der Waals surface area contributed by atoms with Gasteiger partial charge in [0.25, 0.3) is 5.69 Å². The number of piperidine rings is 2. The summed E-state index contributed by atoms with van der Waals surface area (Å²) in [5.74, 6) is -2.73. The van der Waals surface area contributed by atoms with Gasteiger partial charge in [0.1, 0.15) is 22.8 Å². The van der Waals surface area contributed by atoms with Gasteiger partial charge < -0.3 is 40.4 Å². The van der Waals surface area contributed by atoms with Gasteiger partial charge in [0, 0.05) is 37.3 Å². The minimum atomic E-state index is -0.939. The highest BCUT2D eigenvalue weighted by Gasteiger charge is 2.49. The number of halogens is 4. The van der Waals surface area contributed by atoms with Crippen LogP contribution in [0.4, 0.5) is 30.0 Å². The lowest BCUT2D eigenvalue weighted by Crippen LogP contribution is -2.46. The molecular formula is C42H45Br2F2N13O12. The Balaban J connectivity index is 0.000000156. The Kier molecular flexibility index (Phi) is 14.0. The number of carbonyl (C=O) groups is 2. The van der Waals surface area contributed by atoms with Gasteiger partial charge in [-0.3, -0.25) is 9.05 Å². The standard InChI is InChI=1S/C21H22BrFN6O5.C11H20N2O2.C10H3BrFN5O5/c1-21(2,3)32-19(30)28-9-10-6-12(28)8-15(10)24-17-16(25-34-26-17)18-27-33-20(31)29(18)11-4-5-14(23)13(22)7-11;1-11(2,3)15-10(14)13-6-7-4-8(13)5-9(7)12;11-5-3-4(1-2-6(5)12)16-8(14-21-10(16)18)7-9(17(19)20)15-22-13-7/h4-5,7,10,12,15H,6,8-9H2,1-3H3,(H,24,26);7-9H,4-6,12H2,1-3H3;1-3H. The van der Waals surface area contributed by atoms with Crippen molar-refractivity contribution in [3.05, 3.63) is 88.2 Å². The van der Waals surface area contributed by atoms with E-state index in [1.165, 1.54) is 30.3 Å². The average Bonchev–Trinajstić information content (AvgIpc) is 4.15. The van der Waals surface area contributed by atoms with Gasteiger partial charge in [-0.1, -0.05) is 10.3 Å². The molecule has 6 unspecified atom stereocenters. The highest BCUT2D eigenvalue weighted by molar-refractivity contribution is 9.10. The average molecular weight is 1120 g/mol. The summed E-state index contributed by atoms with van der Waals surface area (Å²) in [5.41, 5.74) is 5.25. The molecule has 71 heavy (non-hydrogen) atoms. The number of carbonyl (C=O) groups excluding carboxylic acids is 2. The second-order valence-corrected chi connectivity index (χ2v) is 20.7. The van der Waals surface area contributed by atoms with Crippen molar-refractivity contribution in [2.75, 3.05) is 18.4 Å². The Hall–Kier alpha value is -6.88. The molecule has 2 aliphatic carbocycles. The number of nitrogens with two attached hydrogens (primary N) is 1. The van der Waals surface area contributed by atoms with Crippen molar-refractivity contribution in [3.63, 3.8) is 0 Å². The molecule has 6 heterocycles. The van der Waals surface area contributed by atoms with Crippen molar-refractivity contribution < 1.29 is 51.1 Å². The number of anilines is 1. The number of nitrogens with zero attached hydrogens (tertiary/aromatic N) is 11. The first kappa shape index (κ1) is 50.5. The number of rotatable bonds is 7. The zero-order chi connectivity index (χ0) is 51.3. The van der Waals surface area contributed by atoms with Crippen LogP contribution < -0.4 is 22.6 Å². The van der Waals surface area contributed by atoms with Crippen LogP contribution in [0.1, 0.15) is 67.2 Å². The molecule has 2 aliphatic heterocycles. The molecule has 3 N–H and O–H groups in total. The predicted octanol–water partition coefficient (Wildman–Crippen LogP) is 6.62. The Morgan fingerprint density at radius 1 is 0.732 bits per heavy atom. The number of likely N-dealkylation sites (tertiary alicyclic amines) is 2. The summed E-state index contributed by atoms with van der Waals surface area (Å²) in [7, 11) is 0. The molecule has 25 nitrogen and oxygen atoms in total. The maximum absolute atomic E-state index is 13.7. The van der Waals surface area contributed by atoms with Crippen LogP contribution in [-0.2, 0) is 9.47 Å². The quantitative estimate of drug-likeness (QED) is 0.125. The third-order valence-corrected chi connectivity index (χ3v) is 13.0. The lowest BCUT2D eigenvalue weighted by atomic mass is 10.0. The molecule has 2 amide bonds. The molecular weight excluding hydrogens is 1080 g/mol. The van der Waals surface area contributed by atoms with Crippen molar-refractivity contribution in [3.8, 4) is 34.4 Å². The van der Waals surface area contributed by atoms with Crippen LogP contribution in [0.3, 0.4) is 0 Å². The summed E-state index contributed by atoms with van der Waals surface area (Å²) in [5, 5.41) is 35.8. The van der Waals surface area contributed by atoms with E-state index in [4.69, 9.17) is 24.4 Å². The fourth-order valence-electron chi connectivity index (χ4n) is 8.76. The molecule has 2 saturated heterocycles. The predicted molar refractivity (Wildman–Crippen MR) is 247 cm³/mol. The van der Waals surface area contributed by atoms with E-state index >= 15 is 0 Å². The van der Waals surface area contributed by atoms with E-state index in [1.54, 1.807) is 4.90 Å². The van der Waals surface area contributed by atoms with Crippen LogP contribution in [0.25, 0.3) is 34.4 Å². The number of nitro groups is 1. The summed E-state index contributed by atoms with van der Waals surface area (Å²) in [6, 6.07) is 8.38. The maximum Gasteiger partial charge on any atom is 0.446 e. The first-order chi connectivity index (χ1) is 33.5. The van der Waals surface area contributed by atoms with Gasteiger partial charge >= 0.3 is 29.5 Å². The SMILES string of the molecule is CC(C)(C)OC(=O)N1CC2CC1CC2N.CC(C)(C)OC(=O)N1CC2CC1CC2Nc1nonc1-c1noc(=O)n1-c1ccc(F)c(Br)c1.O=c1onc(-c2nonc2[N+](=O)[O-])n1-c1ccc(F)c(Br)c1. The molecule has 2 aromatic carbocycles. The molecule has 378 valence electrons. The second kappa shape index (κ2) is 19.7. The molecule has 4 aliphatic rings. The fraction of sp³-hybridized carbons (Fsp3) is 0.476. The zero-order valence-electron chi connectivity index (χ0n) is 38.6. The van der Waals surface area contributed by atoms with Crippen molar-refractivity contribution >= 4 is 55.7 Å². The number of amides is 2. The van der Waals surface area contributed by atoms with E-state index in [1.807, 2.05) is 46.4 Å². The highest BCUT2D eigenvalue weighted by atomic mass is 79.9. The number of aromatic nitrogens is 8. The summed E-state index contributed by atoms with van der Waals surface area (Å²) >= 11 is 6.09. The number of ether oxygens (including phenoxy) is 2. The van der Waals surface area contributed by atoms with Gasteiger partial charge in [-0.2, -0.15) is 0 Å². The van der Waals surface area contributed by atoms with Crippen LogP contribution in [0, 0.1) is 33.6 Å². The largest absolute Gasteiger partial charge is 0.446 e. The minimum absolute atomic E-state index is 0.0152. The summed E-state index contributed by atoms with van der Waals surface area (Å²) < 4.78 is 58.7. The van der Waals surface area contributed by atoms with E-state index in [0.29, 0.717) is 36.4 Å². The first-order valence-corrected chi connectivity index (χ1v) is 23.4. The molecule has 29 heteroatoms. The molecule has 6 aromatic rings. The van der Waals surface area contributed by atoms with Gasteiger partial charge in [0.15, 0.2) is 10.9 Å². The third-order valence-electron chi connectivity index (χ3n) is 11.8. The smallest absolute Gasteiger partial charge is 0.444 e.